The molecule has 0 unspecified atom stereocenters. The molecule has 2 N–H and O–H groups in total. The van der Waals surface area contributed by atoms with Gasteiger partial charge in [-0.15, -0.1) is 0 Å². The van der Waals surface area contributed by atoms with Gasteiger partial charge in [-0.25, -0.2) is 0 Å². The maximum absolute atomic E-state index is 12.8. The van der Waals surface area contributed by atoms with Crippen LogP contribution in [0.2, 0.25) is 5.02 Å². The first-order chi connectivity index (χ1) is 16.3. The molecule has 6 nitrogen and oxygen atoms in total. The molecule has 0 aliphatic carbocycles. The Morgan fingerprint density at radius 1 is 1.03 bits per heavy atom. The highest BCUT2D eigenvalue weighted by atomic mass is 35.5. The number of rotatable bonds is 7. The van der Waals surface area contributed by atoms with Crippen molar-refractivity contribution in [2.75, 3.05) is 17.2 Å². The highest BCUT2D eigenvalue weighted by Gasteiger charge is 2.14. The van der Waals surface area contributed by atoms with Crippen molar-refractivity contribution < 1.29 is 14.3 Å². The largest absolute Gasteiger partial charge is 0.483 e. The number of hydrogen-bond donors (Lipinski definition) is 2. The third-order valence-electron chi connectivity index (χ3n) is 5.18. The van der Waals surface area contributed by atoms with E-state index in [1.807, 2.05) is 51.1 Å². The number of anilines is 2. The van der Waals surface area contributed by atoms with Crippen molar-refractivity contribution in [3.63, 3.8) is 0 Å². The molecule has 3 aromatic rings. The summed E-state index contributed by atoms with van der Waals surface area (Å²) in [4.78, 5) is 25.1. The zero-order valence-corrected chi connectivity index (χ0v) is 19.9. The molecule has 2 amide bonds. The van der Waals surface area contributed by atoms with Crippen molar-refractivity contribution in [1.29, 1.82) is 5.26 Å². The summed E-state index contributed by atoms with van der Waals surface area (Å²) in [5, 5.41) is 15.5. The molecule has 0 fully saturated rings. The first kappa shape index (κ1) is 24.6. The van der Waals surface area contributed by atoms with Crippen LogP contribution >= 0.6 is 11.6 Å². The summed E-state index contributed by atoms with van der Waals surface area (Å²) >= 11 is 6.13. The molecule has 0 spiro atoms. The van der Waals surface area contributed by atoms with E-state index in [4.69, 9.17) is 16.3 Å². The number of aryl methyl sites for hydroxylation is 2. The lowest BCUT2D eigenvalue weighted by molar-refractivity contribution is -0.118. The topological polar surface area (TPSA) is 91.2 Å². The average molecular weight is 474 g/mol. The average Bonchev–Trinajstić information content (AvgIpc) is 2.81. The molecule has 0 aliphatic heterocycles. The van der Waals surface area contributed by atoms with Crippen molar-refractivity contribution in [1.82, 2.24) is 0 Å². The summed E-state index contributed by atoms with van der Waals surface area (Å²) in [6.07, 6.45) is 1.39. The quantitative estimate of drug-likeness (QED) is 0.333. The summed E-state index contributed by atoms with van der Waals surface area (Å²) in [6.45, 7) is 5.54. The summed E-state index contributed by atoms with van der Waals surface area (Å²) < 4.78 is 5.67. The fraction of sp³-hybridized carbons (Fsp3) is 0.148. The predicted molar refractivity (Wildman–Crippen MR) is 135 cm³/mol. The first-order valence-electron chi connectivity index (χ1n) is 10.5. The van der Waals surface area contributed by atoms with Gasteiger partial charge in [0.2, 0.25) is 0 Å². The number of benzene rings is 3. The number of amides is 2. The van der Waals surface area contributed by atoms with E-state index in [9.17, 15) is 14.9 Å². The van der Waals surface area contributed by atoms with Crippen molar-refractivity contribution in [3.8, 4) is 11.8 Å². The van der Waals surface area contributed by atoms with Crippen LogP contribution in [0.5, 0.6) is 5.75 Å². The molecule has 0 saturated carbocycles. The fourth-order valence-corrected chi connectivity index (χ4v) is 3.30. The minimum atomic E-state index is -0.556. The van der Waals surface area contributed by atoms with E-state index in [2.05, 4.69) is 10.6 Å². The van der Waals surface area contributed by atoms with Crippen LogP contribution in [0.3, 0.4) is 0 Å². The van der Waals surface area contributed by atoms with Gasteiger partial charge in [0.25, 0.3) is 11.8 Å². The number of carbonyl (C=O) groups is 2. The van der Waals surface area contributed by atoms with E-state index in [0.717, 1.165) is 16.7 Å². The standard InChI is InChI=1S/C27H24ClN3O3/c1-17-7-10-23(11-8-17)30-26(32)16-34-25-12-9-22(28)14-20(25)13-21(15-29)27(33)31-24-6-4-5-18(2)19(24)3/h4-14H,16H2,1-3H3,(H,30,32)(H,31,33)/b21-13+. The van der Waals surface area contributed by atoms with Crippen LogP contribution in [-0.4, -0.2) is 18.4 Å². The summed E-state index contributed by atoms with van der Waals surface area (Å²) in [6, 6.07) is 19.6. The number of halogens is 1. The minimum Gasteiger partial charge on any atom is -0.483 e. The van der Waals surface area contributed by atoms with E-state index in [1.54, 1.807) is 36.4 Å². The van der Waals surface area contributed by atoms with E-state index < -0.39 is 5.91 Å². The van der Waals surface area contributed by atoms with E-state index in [-0.39, 0.29) is 18.1 Å². The zero-order valence-electron chi connectivity index (χ0n) is 19.1. The van der Waals surface area contributed by atoms with E-state index in [0.29, 0.717) is 27.7 Å². The second-order valence-electron chi connectivity index (χ2n) is 7.76. The van der Waals surface area contributed by atoms with Crippen molar-refractivity contribution in [2.45, 2.75) is 20.8 Å². The molecule has 3 rings (SSSR count). The van der Waals surface area contributed by atoms with Crippen LogP contribution in [-0.2, 0) is 9.59 Å². The Balaban J connectivity index is 1.76. The maximum atomic E-state index is 12.8. The molecule has 0 atom stereocenters. The summed E-state index contributed by atoms with van der Waals surface area (Å²) in [5.41, 5.74) is 4.59. The van der Waals surface area contributed by atoms with Gasteiger partial charge in [0.1, 0.15) is 17.4 Å². The second kappa shape index (κ2) is 11.2. The van der Waals surface area contributed by atoms with Gasteiger partial charge in [-0.05, 0) is 74.4 Å². The molecule has 0 aromatic heterocycles. The second-order valence-corrected chi connectivity index (χ2v) is 8.19. The van der Waals surface area contributed by atoms with Gasteiger partial charge in [-0.3, -0.25) is 9.59 Å². The lowest BCUT2D eigenvalue weighted by atomic mass is 10.1. The van der Waals surface area contributed by atoms with Gasteiger partial charge in [0.15, 0.2) is 6.61 Å². The Morgan fingerprint density at radius 3 is 2.47 bits per heavy atom. The minimum absolute atomic E-state index is 0.128. The van der Waals surface area contributed by atoms with E-state index >= 15 is 0 Å². The van der Waals surface area contributed by atoms with E-state index in [1.165, 1.54) is 6.08 Å². The third-order valence-corrected chi connectivity index (χ3v) is 5.42. The van der Waals surface area contributed by atoms with Crippen LogP contribution in [0.1, 0.15) is 22.3 Å². The molecule has 0 saturated heterocycles. The third kappa shape index (κ3) is 6.47. The van der Waals surface area contributed by atoms with Crippen LogP contribution < -0.4 is 15.4 Å². The number of nitriles is 1. The lowest BCUT2D eigenvalue weighted by Crippen LogP contribution is -2.20. The van der Waals surface area contributed by atoms with Crippen LogP contribution in [0, 0.1) is 32.1 Å². The highest BCUT2D eigenvalue weighted by Crippen LogP contribution is 2.26. The molecule has 7 heteroatoms. The number of ether oxygens (including phenoxy) is 1. The highest BCUT2D eigenvalue weighted by molar-refractivity contribution is 6.30. The van der Waals surface area contributed by atoms with Gasteiger partial charge in [-0.1, -0.05) is 41.4 Å². The van der Waals surface area contributed by atoms with Gasteiger partial charge in [-0.2, -0.15) is 5.26 Å². The molecule has 0 heterocycles. The molecule has 172 valence electrons. The molecule has 0 bridgehead atoms. The molecule has 3 aromatic carbocycles. The van der Waals surface area contributed by atoms with Crippen molar-refractivity contribution in [2.24, 2.45) is 0 Å². The number of carbonyl (C=O) groups excluding carboxylic acids is 2. The Morgan fingerprint density at radius 2 is 1.76 bits per heavy atom. The normalized spacial score (nSPS) is 10.9. The Labute approximate surface area is 203 Å². The van der Waals surface area contributed by atoms with Crippen molar-refractivity contribution >= 4 is 40.9 Å². The van der Waals surface area contributed by atoms with Gasteiger partial charge >= 0.3 is 0 Å². The smallest absolute Gasteiger partial charge is 0.266 e. The summed E-state index contributed by atoms with van der Waals surface area (Å²) in [7, 11) is 0. The molecule has 0 aliphatic rings. The monoisotopic (exact) mass is 473 g/mol. The predicted octanol–water partition coefficient (Wildman–Crippen LogP) is 5.83. The van der Waals surface area contributed by atoms with Crippen LogP contribution in [0.15, 0.2) is 66.2 Å². The first-order valence-corrected chi connectivity index (χ1v) is 10.9. The number of hydrogen-bond acceptors (Lipinski definition) is 4. The lowest BCUT2D eigenvalue weighted by Gasteiger charge is -2.12. The van der Waals surface area contributed by atoms with Crippen LogP contribution in [0.4, 0.5) is 11.4 Å². The molecular weight excluding hydrogens is 450 g/mol. The summed E-state index contributed by atoms with van der Waals surface area (Å²) in [5.74, 6) is -0.586. The van der Waals surface area contributed by atoms with Gasteiger partial charge in [0, 0.05) is 22.0 Å². The molecule has 34 heavy (non-hydrogen) atoms. The number of nitrogens with zero attached hydrogens (tertiary/aromatic N) is 1. The molecule has 0 radical (unpaired) electrons. The Hall–Kier alpha value is -4.08. The van der Waals surface area contributed by atoms with Gasteiger partial charge < -0.3 is 15.4 Å². The fourth-order valence-electron chi connectivity index (χ4n) is 3.12. The zero-order chi connectivity index (χ0) is 24.7. The Kier molecular flexibility index (Phi) is 8.07. The maximum Gasteiger partial charge on any atom is 0.266 e. The Bertz CT molecular complexity index is 1290. The molecular formula is C27H24ClN3O3. The van der Waals surface area contributed by atoms with Gasteiger partial charge in [0.05, 0.1) is 0 Å². The number of nitrogens with one attached hydrogen (secondary N) is 2. The van der Waals surface area contributed by atoms with Crippen LogP contribution in [0.25, 0.3) is 6.08 Å². The SMILES string of the molecule is Cc1ccc(NC(=O)COc2ccc(Cl)cc2/C=C(\C#N)C(=O)Nc2cccc(C)c2C)cc1. The van der Waals surface area contributed by atoms with Crippen molar-refractivity contribution in [3.05, 3.63) is 93.5 Å².